The molecule has 0 amide bonds. The van der Waals surface area contributed by atoms with Crippen LogP contribution in [0.25, 0.3) is 0 Å². The lowest BCUT2D eigenvalue weighted by Crippen LogP contribution is -2.46. The van der Waals surface area contributed by atoms with Gasteiger partial charge in [-0.25, -0.2) is 0 Å². The van der Waals surface area contributed by atoms with Gasteiger partial charge in [0.25, 0.3) is 10.1 Å². The third kappa shape index (κ3) is 3.70. The summed E-state index contributed by atoms with van der Waals surface area (Å²) >= 11 is 0. The first-order valence-electron chi connectivity index (χ1n) is 4.33. The molecule has 5 nitrogen and oxygen atoms in total. The maximum atomic E-state index is 10.9. The van der Waals surface area contributed by atoms with Crippen molar-refractivity contribution in [1.29, 1.82) is 0 Å². The van der Waals surface area contributed by atoms with Crippen molar-refractivity contribution in [3.05, 3.63) is 0 Å². The average Bonchev–Trinajstić information content (AvgIpc) is 2.05. The van der Waals surface area contributed by atoms with Crippen molar-refractivity contribution >= 4 is 22.5 Å². The number of nitrogens with zero attached hydrogens (tertiary/aromatic N) is 1. The molecule has 1 atom stereocenters. The molecule has 1 heterocycles. The lowest BCUT2D eigenvalue weighted by molar-refractivity contribution is 0.0292. The monoisotopic (exact) mass is 245 g/mol. The van der Waals surface area contributed by atoms with E-state index in [2.05, 4.69) is 0 Å². The molecule has 0 aliphatic carbocycles. The Balaban J connectivity index is 0.00000169. The zero-order valence-corrected chi connectivity index (χ0v) is 9.68. The van der Waals surface area contributed by atoms with Crippen LogP contribution in [0.4, 0.5) is 0 Å². The number of ether oxygens (including phenoxy) is 1. The maximum Gasteiger partial charge on any atom is 0.281 e. The van der Waals surface area contributed by atoms with Gasteiger partial charge in [-0.3, -0.25) is 9.45 Å². The van der Waals surface area contributed by atoms with E-state index in [9.17, 15) is 8.42 Å². The molecule has 0 bridgehead atoms. The first-order valence-corrected chi connectivity index (χ1v) is 5.84. The van der Waals surface area contributed by atoms with Crippen molar-refractivity contribution < 1.29 is 17.7 Å². The molecule has 0 radical (unpaired) electrons. The van der Waals surface area contributed by atoms with E-state index in [4.69, 9.17) is 9.29 Å². The van der Waals surface area contributed by atoms with Gasteiger partial charge in [0, 0.05) is 13.1 Å². The summed E-state index contributed by atoms with van der Waals surface area (Å²) in [5.41, 5.74) is 0. The Morgan fingerprint density at radius 3 is 2.29 bits per heavy atom. The Morgan fingerprint density at radius 1 is 1.43 bits per heavy atom. The van der Waals surface area contributed by atoms with Crippen LogP contribution in [0.5, 0.6) is 0 Å². The lowest BCUT2D eigenvalue weighted by atomic mass is 10.3. The van der Waals surface area contributed by atoms with Crippen LogP contribution in [-0.4, -0.2) is 49.5 Å². The normalized spacial score (nSPS) is 21.3. The smallest absolute Gasteiger partial charge is 0.281 e. The summed E-state index contributed by atoms with van der Waals surface area (Å²) in [6, 6.07) is 0. The van der Waals surface area contributed by atoms with Crippen LogP contribution in [0.2, 0.25) is 0 Å². The van der Waals surface area contributed by atoms with E-state index in [-0.39, 0.29) is 12.4 Å². The highest BCUT2D eigenvalue weighted by atomic mass is 35.5. The molecule has 1 rings (SSSR count). The second kappa shape index (κ2) is 5.87. The van der Waals surface area contributed by atoms with Gasteiger partial charge in [0.2, 0.25) is 0 Å². The molecule has 86 valence electrons. The highest BCUT2D eigenvalue weighted by Gasteiger charge is 2.29. The SMILES string of the molecule is CCC(N1CCOCC1)S(=O)(=O)O.Cl. The summed E-state index contributed by atoms with van der Waals surface area (Å²) in [5, 5.41) is -0.767. The Bertz CT molecular complexity index is 250. The second-order valence-corrected chi connectivity index (χ2v) is 4.60. The standard InChI is InChI=1S/C7H15NO4S.ClH/c1-2-7(13(9,10)11)8-3-5-12-6-4-8;/h7H,2-6H2,1H3,(H,9,10,11);1H. The first-order chi connectivity index (χ1) is 6.05. The molecule has 0 spiro atoms. The van der Waals surface area contributed by atoms with E-state index in [1.807, 2.05) is 0 Å². The third-order valence-electron chi connectivity index (χ3n) is 2.15. The highest BCUT2D eigenvalue weighted by molar-refractivity contribution is 7.86. The molecule has 7 heteroatoms. The molecule has 0 saturated carbocycles. The predicted molar refractivity (Wildman–Crippen MR) is 55.3 cm³/mol. The van der Waals surface area contributed by atoms with Gasteiger partial charge in [-0.05, 0) is 6.42 Å². The Morgan fingerprint density at radius 2 is 1.93 bits per heavy atom. The Kier molecular flexibility index (Phi) is 5.92. The number of hydrogen-bond acceptors (Lipinski definition) is 4. The van der Waals surface area contributed by atoms with Gasteiger partial charge >= 0.3 is 0 Å². The molecule has 0 aromatic carbocycles. The number of hydrogen-bond donors (Lipinski definition) is 1. The van der Waals surface area contributed by atoms with Crippen molar-refractivity contribution in [3.8, 4) is 0 Å². The summed E-state index contributed by atoms with van der Waals surface area (Å²) in [6.45, 7) is 3.95. The first kappa shape index (κ1) is 14.1. The highest BCUT2D eigenvalue weighted by Crippen LogP contribution is 2.12. The molecule has 1 N–H and O–H groups in total. The quantitative estimate of drug-likeness (QED) is 0.728. The summed E-state index contributed by atoms with van der Waals surface area (Å²) in [7, 11) is -3.94. The van der Waals surface area contributed by atoms with Crippen LogP contribution < -0.4 is 0 Å². The van der Waals surface area contributed by atoms with E-state index < -0.39 is 15.5 Å². The Hall–Kier alpha value is 0.120. The van der Waals surface area contributed by atoms with Gasteiger partial charge in [-0.2, -0.15) is 8.42 Å². The zero-order valence-electron chi connectivity index (χ0n) is 8.05. The van der Waals surface area contributed by atoms with Crippen LogP contribution in [0.15, 0.2) is 0 Å². The zero-order chi connectivity index (χ0) is 9.90. The number of rotatable bonds is 3. The van der Waals surface area contributed by atoms with E-state index in [0.717, 1.165) is 0 Å². The fourth-order valence-electron chi connectivity index (χ4n) is 1.52. The fourth-order valence-corrected chi connectivity index (χ4v) is 2.53. The molecular weight excluding hydrogens is 230 g/mol. The molecule has 14 heavy (non-hydrogen) atoms. The fraction of sp³-hybridized carbons (Fsp3) is 1.00. The minimum absolute atomic E-state index is 0. The maximum absolute atomic E-state index is 10.9. The summed E-state index contributed by atoms with van der Waals surface area (Å²) < 4.78 is 35.9. The molecule has 1 saturated heterocycles. The van der Waals surface area contributed by atoms with Crippen LogP contribution in [-0.2, 0) is 14.9 Å². The minimum atomic E-state index is -3.94. The van der Waals surface area contributed by atoms with Crippen LogP contribution in [0.1, 0.15) is 13.3 Å². The van der Waals surface area contributed by atoms with Crippen molar-refractivity contribution in [2.75, 3.05) is 26.3 Å². The average molecular weight is 246 g/mol. The van der Waals surface area contributed by atoms with Gasteiger partial charge < -0.3 is 4.74 Å². The molecular formula is C7H16ClNO4S. The van der Waals surface area contributed by atoms with Gasteiger partial charge in [-0.15, -0.1) is 12.4 Å². The molecule has 1 fully saturated rings. The topological polar surface area (TPSA) is 66.8 Å². The van der Waals surface area contributed by atoms with Crippen LogP contribution >= 0.6 is 12.4 Å². The molecule has 1 unspecified atom stereocenters. The van der Waals surface area contributed by atoms with Gasteiger partial charge in [0.05, 0.1) is 13.2 Å². The van der Waals surface area contributed by atoms with E-state index >= 15 is 0 Å². The predicted octanol–water partition coefficient (Wildman–Crippen LogP) is 0.364. The van der Waals surface area contributed by atoms with Crippen LogP contribution in [0, 0.1) is 0 Å². The van der Waals surface area contributed by atoms with E-state index in [1.54, 1.807) is 11.8 Å². The third-order valence-corrected chi connectivity index (χ3v) is 3.47. The van der Waals surface area contributed by atoms with E-state index in [0.29, 0.717) is 32.7 Å². The van der Waals surface area contributed by atoms with Crippen molar-refractivity contribution in [1.82, 2.24) is 4.90 Å². The van der Waals surface area contributed by atoms with Crippen molar-refractivity contribution in [2.24, 2.45) is 0 Å². The molecule has 0 aromatic heterocycles. The summed E-state index contributed by atoms with van der Waals surface area (Å²) in [6.07, 6.45) is 0.402. The molecule has 0 aromatic rings. The summed E-state index contributed by atoms with van der Waals surface area (Å²) in [5.74, 6) is 0. The largest absolute Gasteiger partial charge is 0.379 e. The van der Waals surface area contributed by atoms with Gasteiger partial charge in [0.15, 0.2) is 0 Å². The van der Waals surface area contributed by atoms with E-state index in [1.165, 1.54) is 0 Å². The summed E-state index contributed by atoms with van der Waals surface area (Å²) in [4.78, 5) is 1.73. The number of morpholine rings is 1. The molecule has 1 aliphatic heterocycles. The van der Waals surface area contributed by atoms with Gasteiger partial charge in [-0.1, -0.05) is 6.92 Å². The second-order valence-electron chi connectivity index (χ2n) is 3.03. The van der Waals surface area contributed by atoms with Crippen LogP contribution in [0.3, 0.4) is 0 Å². The molecule has 1 aliphatic rings. The number of halogens is 1. The van der Waals surface area contributed by atoms with Gasteiger partial charge in [0.1, 0.15) is 5.37 Å². The Labute approximate surface area is 90.6 Å². The van der Waals surface area contributed by atoms with Crippen molar-refractivity contribution in [3.63, 3.8) is 0 Å². The van der Waals surface area contributed by atoms with Crippen molar-refractivity contribution in [2.45, 2.75) is 18.7 Å². The lowest BCUT2D eigenvalue weighted by Gasteiger charge is -2.31. The minimum Gasteiger partial charge on any atom is -0.379 e.